The fourth-order valence-electron chi connectivity index (χ4n) is 4.88. The maximum Gasteiger partial charge on any atom is 0.223 e. The number of pyridine rings is 1. The van der Waals surface area contributed by atoms with Crippen LogP contribution >= 0.6 is 0 Å². The average Bonchev–Trinajstić information content (AvgIpc) is 3.34. The Kier molecular flexibility index (Phi) is 7.41. The molecule has 0 bridgehead atoms. The number of nitrogen functional groups attached to an aromatic ring is 1. The number of ketones is 1. The number of anilines is 1. The van der Waals surface area contributed by atoms with Crippen LogP contribution in [0.15, 0.2) is 66.7 Å². The lowest BCUT2D eigenvalue weighted by molar-refractivity contribution is -0.129. The maximum atomic E-state index is 12.9. The molecule has 0 spiro atoms. The SMILES string of the molecule is Cc1nc(N)ccc1CCC(=O)[C@@H](C)NC(=O)[C@@H]1CC[C@@H](c2cccc(-c3ccccc3)c2)C1. The Labute approximate surface area is 201 Å². The Morgan fingerprint density at radius 1 is 1.03 bits per heavy atom. The molecule has 5 nitrogen and oxygen atoms in total. The molecule has 3 atom stereocenters. The van der Waals surface area contributed by atoms with Crippen molar-refractivity contribution in [2.24, 2.45) is 5.92 Å². The largest absolute Gasteiger partial charge is 0.384 e. The van der Waals surface area contributed by atoms with Crippen LogP contribution < -0.4 is 11.1 Å². The molecule has 1 aliphatic carbocycles. The minimum atomic E-state index is -0.491. The van der Waals surface area contributed by atoms with E-state index >= 15 is 0 Å². The fraction of sp³-hybridized carbons (Fsp3) is 0.345. The van der Waals surface area contributed by atoms with E-state index < -0.39 is 6.04 Å². The summed E-state index contributed by atoms with van der Waals surface area (Å²) in [5, 5.41) is 2.97. The molecule has 3 aromatic rings. The first-order valence-electron chi connectivity index (χ1n) is 12.1. The lowest BCUT2D eigenvalue weighted by Gasteiger charge is -2.17. The third-order valence-electron chi connectivity index (χ3n) is 6.97. The zero-order valence-corrected chi connectivity index (χ0v) is 20.0. The van der Waals surface area contributed by atoms with E-state index in [0.717, 1.165) is 30.5 Å². The highest BCUT2D eigenvalue weighted by Crippen LogP contribution is 2.39. The third-order valence-corrected chi connectivity index (χ3v) is 6.97. The van der Waals surface area contributed by atoms with Gasteiger partial charge in [-0.05, 0) is 73.8 Å². The van der Waals surface area contributed by atoms with Gasteiger partial charge < -0.3 is 11.1 Å². The predicted octanol–water partition coefficient (Wildman–Crippen LogP) is 5.23. The molecular weight excluding hydrogens is 422 g/mol. The van der Waals surface area contributed by atoms with Gasteiger partial charge in [0.05, 0.1) is 6.04 Å². The Hall–Kier alpha value is -3.47. The Balaban J connectivity index is 1.30. The highest BCUT2D eigenvalue weighted by molar-refractivity contribution is 5.89. The van der Waals surface area contributed by atoms with Crippen molar-refractivity contribution in [1.82, 2.24) is 10.3 Å². The Morgan fingerprint density at radius 2 is 1.79 bits per heavy atom. The number of aryl methyl sites for hydroxylation is 2. The van der Waals surface area contributed by atoms with Crippen LogP contribution in [0.5, 0.6) is 0 Å². The summed E-state index contributed by atoms with van der Waals surface area (Å²) in [6.07, 6.45) is 3.63. The zero-order chi connectivity index (χ0) is 24.1. The molecule has 0 aliphatic heterocycles. The van der Waals surface area contributed by atoms with Gasteiger partial charge in [0.15, 0.2) is 5.78 Å². The highest BCUT2D eigenvalue weighted by atomic mass is 16.2. The van der Waals surface area contributed by atoms with Crippen LogP contribution in [0.2, 0.25) is 0 Å². The molecule has 34 heavy (non-hydrogen) atoms. The van der Waals surface area contributed by atoms with Gasteiger partial charge in [0, 0.05) is 18.0 Å². The summed E-state index contributed by atoms with van der Waals surface area (Å²) in [6, 6.07) is 22.2. The van der Waals surface area contributed by atoms with Crippen molar-refractivity contribution in [3.63, 3.8) is 0 Å². The number of nitrogens with zero attached hydrogens (tertiary/aromatic N) is 1. The summed E-state index contributed by atoms with van der Waals surface area (Å²) in [5.41, 5.74) is 11.3. The number of aromatic nitrogens is 1. The van der Waals surface area contributed by atoms with E-state index in [1.807, 2.05) is 31.2 Å². The third kappa shape index (κ3) is 5.71. The van der Waals surface area contributed by atoms with Crippen molar-refractivity contribution < 1.29 is 9.59 Å². The van der Waals surface area contributed by atoms with Gasteiger partial charge in [0.1, 0.15) is 5.82 Å². The van der Waals surface area contributed by atoms with E-state index in [9.17, 15) is 9.59 Å². The van der Waals surface area contributed by atoms with E-state index in [1.54, 1.807) is 13.0 Å². The number of amides is 1. The van der Waals surface area contributed by atoms with E-state index in [-0.39, 0.29) is 17.6 Å². The minimum absolute atomic E-state index is 0.00658. The second-order valence-electron chi connectivity index (χ2n) is 9.38. The number of carbonyl (C=O) groups is 2. The average molecular weight is 456 g/mol. The molecule has 3 N–H and O–H groups in total. The second-order valence-corrected chi connectivity index (χ2v) is 9.38. The van der Waals surface area contributed by atoms with Gasteiger partial charge in [-0.1, -0.05) is 60.7 Å². The number of rotatable bonds is 8. The summed E-state index contributed by atoms with van der Waals surface area (Å²) in [7, 11) is 0. The minimum Gasteiger partial charge on any atom is -0.384 e. The van der Waals surface area contributed by atoms with Crippen molar-refractivity contribution in [1.29, 1.82) is 0 Å². The van der Waals surface area contributed by atoms with Crippen molar-refractivity contribution in [3.8, 4) is 11.1 Å². The molecule has 1 fully saturated rings. The molecule has 1 heterocycles. The van der Waals surface area contributed by atoms with Crippen LogP contribution in [-0.2, 0) is 16.0 Å². The van der Waals surface area contributed by atoms with Gasteiger partial charge in [-0.15, -0.1) is 0 Å². The molecule has 1 aromatic heterocycles. The lowest BCUT2D eigenvalue weighted by Crippen LogP contribution is -2.41. The van der Waals surface area contributed by atoms with Gasteiger partial charge in [0.2, 0.25) is 5.91 Å². The van der Waals surface area contributed by atoms with Gasteiger partial charge >= 0.3 is 0 Å². The number of carbonyl (C=O) groups excluding carboxylic acids is 2. The Morgan fingerprint density at radius 3 is 2.56 bits per heavy atom. The molecule has 1 amide bonds. The molecule has 176 valence electrons. The van der Waals surface area contributed by atoms with E-state index in [0.29, 0.717) is 24.6 Å². The van der Waals surface area contributed by atoms with Crippen LogP contribution in [0.3, 0.4) is 0 Å². The molecule has 2 aromatic carbocycles. The number of nitrogens with one attached hydrogen (secondary N) is 1. The number of Topliss-reactive ketones (excluding diaryl/α,β-unsaturated/α-hetero) is 1. The predicted molar refractivity (Wildman–Crippen MR) is 136 cm³/mol. The van der Waals surface area contributed by atoms with Crippen LogP contribution in [0.4, 0.5) is 5.82 Å². The topological polar surface area (TPSA) is 85.1 Å². The zero-order valence-electron chi connectivity index (χ0n) is 20.0. The molecule has 5 heteroatoms. The lowest BCUT2D eigenvalue weighted by atomic mass is 9.93. The smallest absolute Gasteiger partial charge is 0.223 e. The second kappa shape index (κ2) is 10.6. The molecule has 0 radical (unpaired) electrons. The quantitative estimate of drug-likeness (QED) is 0.487. The Bertz CT molecular complexity index is 1160. The first-order chi connectivity index (χ1) is 16.4. The van der Waals surface area contributed by atoms with Crippen molar-refractivity contribution in [2.45, 2.75) is 57.9 Å². The van der Waals surface area contributed by atoms with Gasteiger partial charge in [0.25, 0.3) is 0 Å². The number of hydrogen-bond donors (Lipinski definition) is 2. The molecule has 1 aliphatic rings. The van der Waals surface area contributed by atoms with Crippen LogP contribution in [0.1, 0.15) is 55.3 Å². The van der Waals surface area contributed by atoms with Crippen molar-refractivity contribution >= 4 is 17.5 Å². The molecule has 0 saturated heterocycles. The van der Waals surface area contributed by atoms with E-state index in [4.69, 9.17) is 5.73 Å². The molecular formula is C29H33N3O2. The summed E-state index contributed by atoms with van der Waals surface area (Å²) < 4.78 is 0. The van der Waals surface area contributed by atoms with Gasteiger partial charge in [-0.2, -0.15) is 0 Å². The van der Waals surface area contributed by atoms with Gasteiger partial charge in [-0.3, -0.25) is 9.59 Å². The summed E-state index contributed by atoms with van der Waals surface area (Å²) in [5.74, 6) is 0.827. The number of nitrogens with two attached hydrogens (primary N) is 1. The van der Waals surface area contributed by atoms with E-state index in [2.05, 4.69) is 46.7 Å². The first kappa shape index (κ1) is 23.7. The summed E-state index contributed by atoms with van der Waals surface area (Å²) >= 11 is 0. The summed E-state index contributed by atoms with van der Waals surface area (Å²) in [6.45, 7) is 3.68. The van der Waals surface area contributed by atoms with E-state index in [1.165, 1.54) is 16.7 Å². The fourth-order valence-corrected chi connectivity index (χ4v) is 4.88. The number of benzene rings is 2. The molecule has 1 saturated carbocycles. The van der Waals surface area contributed by atoms with Crippen molar-refractivity contribution in [3.05, 3.63) is 83.6 Å². The normalized spacial score (nSPS) is 18.4. The van der Waals surface area contributed by atoms with Crippen LogP contribution in [0.25, 0.3) is 11.1 Å². The first-order valence-corrected chi connectivity index (χ1v) is 12.1. The van der Waals surface area contributed by atoms with Crippen molar-refractivity contribution in [2.75, 3.05) is 5.73 Å². The van der Waals surface area contributed by atoms with Crippen LogP contribution in [0, 0.1) is 12.8 Å². The summed E-state index contributed by atoms with van der Waals surface area (Å²) in [4.78, 5) is 29.8. The highest BCUT2D eigenvalue weighted by Gasteiger charge is 2.32. The maximum absolute atomic E-state index is 12.9. The van der Waals surface area contributed by atoms with Crippen LogP contribution in [-0.4, -0.2) is 22.7 Å². The molecule has 0 unspecified atom stereocenters. The van der Waals surface area contributed by atoms with Gasteiger partial charge in [-0.25, -0.2) is 4.98 Å². The monoisotopic (exact) mass is 455 g/mol. The molecule has 4 rings (SSSR count). The standard InChI is InChI=1S/C29H33N3O2/c1-19-21(14-16-28(30)31-19)13-15-27(33)20(2)32-29(34)26-12-11-25(18-26)24-10-6-9-23(17-24)22-7-4-3-5-8-22/h3-10,14,16-17,20,25-26H,11-13,15,18H2,1-2H3,(H2,30,31)(H,32,34)/t20-,25-,26-/m1/s1. The number of hydrogen-bond acceptors (Lipinski definition) is 4.